The third kappa shape index (κ3) is 5.61. The molecule has 4 N–H and O–H groups in total. The van der Waals surface area contributed by atoms with E-state index in [2.05, 4.69) is 16.8 Å². The number of aromatic amines is 1. The Bertz CT molecular complexity index is 1690. The van der Waals surface area contributed by atoms with Crippen LogP contribution in [0.3, 0.4) is 0 Å². The predicted octanol–water partition coefficient (Wildman–Crippen LogP) is 2.84. The highest BCUT2D eigenvalue weighted by Crippen LogP contribution is 2.31. The number of hydrazine groups is 1. The van der Waals surface area contributed by atoms with Gasteiger partial charge in [0.05, 0.1) is 18.6 Å². The summed E-state index contributed by atoms with van der Waals surface area (Å²) in [4.78, 5) is 45.3. The molecule has 4 aromatic rings. The number of phenols is 1. The topological polar surface area (TPSA) is 139 Å². The molecule has 11 heteroatoms. The molecular formula is C33H35N7O4. The summed E-state index contributed by atoms with van der Waals surface area (Å²) in [6.45, 7) is 4.46. The quantitative estimate of drug-likeness (QED) is 0.254. The van der Waals surface area contributed by atoms with Crippen LogP contribution < -0.4 is 5.73 Å². The van der Waals surface area contributed by atoms with Crippen molar-refractivity contribution in [1.82, 2.24) is 30.0 Å². The second kappa shape index (κ2) is 12.2. The van der Waals surface area contributed by atoms with Crippen molar-refractivity contribution < 1.29 is 19.5 Å². The van der Waals surface area contributed by atoms with Crippen molar-refractivity contribution in [2.75, 3.05) is 25.4 Å². The third-order valence-corrected chi connectivity index (χ3v) is 8.34. The van der Waals surface area contributed by atoms with E-state index in [1.54, 1.807) is 50.2 Å². The SMILES string of the molecule is C=CCN1CC(=O)N2[C@@H](Cc3ccc(O)cc3)C(=O)N(Cc3cccc4c(N)n[nH]c34)C[C@@H]2N1C(=O)CCc1ccccc1. The molecule has 0 aliphatic carbocycles. The number of carbonyl (C=O) groups is 3. The number of carbonyl (C=O) groups excluding carboxylic acids is 3. The Morgan fingerprint density at radius 2 is 1.82 bits per heavy atom. The molecule has 2 saturated heterocycles. The van der Waals surface area contributed by atoms with E-state index in [4.69, 9.17) is 5.73 Å². The fourth-order valence-corrected chi connectivity index (χ4v) is 6.23. The third-order valence-electron chi connectivity index (χ3n) is 8.34. The van der Waals surface area contributed by atoms with Crippen molar-refractivity contribution in [1.29, 1.82) is 0 Å². The summed E-state index contributed by atoms with van der Waals surface area (Å²) >= 11 is 0. The van der Waals surface area contributed by atoms with Gasteiger partial charge >= 0.3 is 0 Å². The van der Waals surface area contributed by atoms with Crippen LogP contribution in [0, 0.1) is 0 Å². The molecule has 44 heavy (non-hydrogen) atoms. The summed E-state index contributed by atoms with van der Waals surface area (Å²) in [6.07, 6.45) is 1.96. The van der Waals surface area contributed by atoms with Crippen molar-refractivity contribution in [3.63, 3.8) is 0 Å². The molecule has 226 valence electrons. The number of benzene rings is 3. The average molecular weight is 594 g/mol. The second-order valence-electron chi connectivity index (χ2n) is 11.2. The van der Waals surface area contributed by atoms with Gasteiger partial charge in [0.1, 0.15) is 18.0 Å². The highest BCUT2D eigenvalue weighted by molar-refractivity contribution is 5.93. The number of aromatic nitrogens is 2. The van der Waals surface area contributed by atoms with E-state index in [9.17, 15) is 19.5 Å². The average Bonchev–Trinajstić information content (AvgIpc) is 3.41. The van der Waals surface area contributed by atoms with E-state index in [0.717, 1.165) is 27.6 Å². The number of aryl methyl sites for hydroxylation is 1. The molecule has 6 rings (SSSR count). The Morgan fingerprint density at radius 3 is 2.57 bits per heavy atom. The van der Waals surface area contributed by atoms with E-state index < -0.39 is 12.2 Å². The number of para-hydroxylation sites is 1. The van der Waals surface area contributed by atoms with Crippen LogP contribution in [0.1, 0.15) is 23.1 Å². The Labute approximate surface area is 255 Å². The Hall–Kier alpha value is -5.16. The van der Waals surface area contributed by atoms with Gasteiger partial charge in [-0.05, 0) is 41.3 Å². The van der Waals surface area contributed by atoms with E-state index in [-0.39, 0.29) is 55.9 Å². The van der Waals surface area contributed by atoms with Crippen molar-refractivity contribution in [2.24, 2.45) is 0 Å². The maximum Gasteiger partial charge on any atom is 0.246 e. The zero-order chi connectivity index (χ0) is 30.8. The maximum absolute atomic E-state index is 14.2. The molecule has 0 spiro atoms. The second-order valence-corrected chi connectivity index (χ2v) is 11.2. The number of aromatic hydroxyl groups is 1. The number of amides is 3. The lowest BCUT2D eigenvalue weighted by atomic mass is 9.97. The van der Waals surface area contributed by atoms with Gasteiger partial charge in [-0.25, -0.2) is 10.0 Å². The number of fused-ring (bicyclic) bond motifs is 2. The monoisotopic (exact) mass is 593 g/mol. The van der Waals surface area contributed by atoms with Gasteiger partial charge in [-0.15, -0.1) is 6.58 Å². The lowest BCUT2D eigenvalue weighted by molar-refractivity contribution is -0.205. The molecule has 3 heterocycles. The van der Waals surface area contributed by atoms with Crippen molar-refractivity contribution in [3.05, 3.63) is 102 Å². The van der Waals surface area contributed by atoms with E-state index in [1.165, 1.54) is 0 Å². The zero-order valence-corrected chi connectivity index (χ0v) is 24.3. The molecule has 11 nitrogen and oxygen atoms in total. The number of phenolic OH excluding ortho intramolecular Hbond substituents is 1. The lowest BCUT2D eigenvalue weighted by Gasteiger charge is -2.55. The van der Waals surface area contributed by atoms with Crippen LogP contribution in [-0.4, -0.2) is 84.7 Å². The normalized spacial score (nSPS) is 19.0. The first kappa shape index (κ1) is 28.9. The Morgan fingerprint density at radius 1 is 1.05 bits per heavy atom. The van der Waals surface area contributed by atoms with Crippen LogP contribution in [0.4, 0.5) is 5.82 Å². The van der Waals surface area contributed by atoms with Crippen molar-refractivity contribution in [2.45, 2.75) is 38.0 Å². The molecule has 0 saturated carbocycles. The van der Waals surface area contributed by atoms with Crippen LogP contribution in [0.15, 0.2) is 85.5 Å². The van der Waals surface area contributed by atoms with Crippen LogP contribution >= 0.6 is 0 Å². The molecule has 0 unspecified atom stereocenters. The van der Waals surface area contributed by atoms with Crippen LogP contribution in [0.2, 0.25) is 0 Å². The first-order chi connectivity index (χ1) is 21.3. The summed E-state index contributed by atoms with van der Waals surface area (Å²) in [6, 6.07) is 21.2. The minimum atomic E-state index is -0.855. The molecule has 1 aromatic heterocycles. The smallest absolute Gasteiger partial charge is 0.246 e. The summed E-state index contributed by atoms with van der Waals surface area (Å²) < 4.78 is 0. The summed E-state index contributed by atoms with van der Waals surface area (Å²) in [5.41, 5.74) is 9.43. The largest absolute Gasteiger partial charge is 0.508 e. The number of hydrogen-bond donors (Lipinski definition) is 3. The fraction of sp³-hybridized carbons (Fsp3) is 0.273. The van der Waals surface area contributed by atoms with Crippen LogP contribution in [0.5, 0.6) is 5.75 Å². The number of nitrogens with one attached hydrogen (secondary N) is 1. The predicted molar refractivity (Wildman–Crippen MR) is 166 cm³/mol. The van der Waals surface area contributed by atoms with Crippen LogP contribution in [0.25, 0.3) is 10.9 Å². The van der Waals surface area contributed by atoms with Crippen molar-refractivity contribution in [3.8, 4) is 5.75 Å². The number of piperazine rings is 1. The fourth-order valence-electron chi connectivity index (χ4n) is 6.23. The number of nitrogens with two attached hydrogens (primary N) is 1. The van der Waals surface area contributed by atoms with Crippen LogP contribution in [-0.2, 0) is 33.8 Å². The van der Waals surface area contributed by atoms with Gasteiger partial charge in [-0.2, -0.15) is 5.10 Å². The zero-order valence-electron chi connectivity index (χ0n) is 24.3. The molecule has 0 radical (unpaired) electrons. The Balaban J connectivity index is 1.37. The number of nitrogens with zero attached hydrogens (tertiary/aromatic N) is 5. The molecule has 3 aromatic carbocycles. The molecule has 2 atom stereocenters. The number of rotatable bonds is 9. The van der Waals surface area contributed by atoms with E-state index in [0.29, 0.717) is 18.8 Å². The molecule has 0 bridgehead atoms. The maximum atomic E-state index is 14.2. The van der Waals surface area contributed by atoms with Gasteiger partial charge in [0, 0.05) is 31.3 Å². The molecule has 2 fully saturated rings. The molecule has 2 aliphatic rings. The van der Waals surface area contributed by atoms with Gasteiger partial charge in [0.15, 0.2) is 5.82 Å². The summed E-state index contributed by atoms with van der Waals surface area (Å²) in [7, 11) is 0. The number of anilines is 1. The Kier molecular flexibility index (Phi) is 8.03. The number of H-pyrrole nitrogens is 1. The van der Waals surface area contributed by atoms with E-state index in [1.807, 2.05) is 48.5 Å². The first-order valence-corrected chi connectivity index (χ1v) is 14.6. The number of nitrogen functional groups attached to an aromatic ring is 1. The van der Waals surface area contributed by atoms with Gasteiger partial charge in [-0.3, -0.25) is 19.5 Å². The van der Waals surface area contributed by atoms with Gasteiger partial charge in [0.2, 0.25) is 17.7 Å². The standard InChI is InChI=1S/C33H35N7O4/c1-2-17-38-21-30(43)39-27(18-23-11-14-25(41)15-12-23)33(44)37(19-24-9-6-10-26-31(24)35-36-32(26)34)20-28(39)40(38)29(42)16-13-22-7-4-3-5-8-22/h2-12,14-15,27-28,41H,1,13,16-21H2,(H3,34,35,36)/t27-,28-/m0/s1. The minimum Gasteiger partial charge on any atom is -0.508 e. The van der Waals surface area contributed by atoms with Gasteiger partial charge in [-0.1, -0.05) is 60.7 Å². The first-order valence-electron chi connectivity index (χ1n) is 14.6. The van der Waals surface area contributed by atoms with Gasteiger partial charge < -0.3 is 20.6 Å². The summed E-state index contributed by atoms with van der Waals surface area (Å²) in [5.74, 6) is -0.111. The highest BCUT2D eigenvalue weighted by atomic mass is 16.3. The highest BCUT2D eigenvalue weighted by Gasteiger charge is 2.51. The molecular weight excluding hydrogens is 558 g/mol. The van der Waals surface area contributed by atoms with E-state index >= 15 is 0 Å². The minimum absolute atomic E-state index is 0.0499. The summed E-state index contributed by atoms with van der Waals surface area (Å²) in [5, 5.41) is 21.1. The molecule has 2 aliphatic heterocycles. The molecule has 3 amide bonds. The lowest BCUT2D eigenvalue weighted by Crippen LogP contribution is -2.75. The number of hydrogen-bond acceptors (Lipinski definition) is 7. The van der Waals surface area contributed by atoms with Gasteiger partial charge in [0.25, 0.3) is 0 Å². The van der Waals surface area contributed by atoms with Crippen molar-refractivity contribution >= 4 is 34.4 Å².